The van der Waals surface area contributed by atoms with E-state index < -0.39 is 6.04 Å². The minimum absolute atomic E-state index is 0.142. The summed E-state index contributed by atoms with van der Waals surface area (Å²) in [4.78, 5) is 58.1. The fourth-order valence-electron chi connectivity index (χ4n) is 7.57. The highest BCUT2D eigenvalue weighted by molar-refractivity contribution is 6.32. The summed E-state index contributed by atoms with van der Waals surface area (Å²) in [5, 5.41) is 10.1. The van der Waals surface area contributed by atoms with E-state index in [1.54, 1.807) is 18.1 Å². The van der Waals surface area contributed by atoms with Crippen molar-refractivity contribution in [2.24, 2.45) is 7.05 Å². The zero-order valence-corrected chi connectivity index (χ0v) is 28.1. The Hall–Kier alpha value is -4.26. The molecule has 7 rings (SSSR count). The number of aromatic nitrogens is 2. The SMILES string of the molecule is CN1CC(Nc2cnn(C)c(=O)c2Cl)CC(c2ccc(CN3CCN(c4ccc5c(c4)CN(C4CCC(=O)NC4=O)C5=O)CC3)cc2)C1. The molecule has 0 radical (unpaired) electrons. The van der Waals surface area contributed by atoms with Crippen molar-refractivity contribution in [2.75, 3.05) is 56.5 Å². The van der Waals surface area contributed by atoms with Crippen molar-refractivity contribution >= 4 is 40.7 Å². The van der Waals surface area contributed by atoms with Gasteiger partial charge in [0.25, 0.3) is 11.5 Å². The predicted molar refractivity (Wildman–Crippen MR) is 183 cm³/mol. The van der Waals surface area contributed by atoms with Crippen molar-refractivity contribution < 1.29 is 14.4 Å². The topological polar surface area (TPSA) is 123 Å². The molecule has 3 atom stereocenters. The number of benzene rings is 2. The molecule has 3 amide bonds. The summed E-state index contributed by atoms with van der Waals surface area (Å²) in [6, 6.07) is 14.5. The molecule has 13 heteroatoms. The van der Waals surface area contributed by atoms with Gasteiger partial charge in [0.05, 0.1) is 11.9 Å². The van der Waals surface area contributed by atoms with Crippen LogP contribution in [-0.4, -0.2) is 101 Å². The van der Waals surface area contributed by atoms with Gasteiger partial charge in [0, 0.05) is 83.1 Å². The van der Waals surface area contributed by atoms with Gasteiger partial charge < -0.3 is 20.0 Å². The molecule has 0 saturated carbocycles. The van der Waals surface area contributed by atoms with Crippen molar-refractivity contribution in [1.29, 1.82) is 0 Å². The predicted octanol–water partition coefficient (Wildman–Crippen LogP) is 2.42. The first-order valence-corrected chi connectivity index (χ1v) is 17.0. The first kappa shape index (κ1) is 32.3. The quantitative estimate of drug-likeness (QED) is 0.365. The molecule has 0 aliphatic carbocycles. The Morgan fingerprint density at radius 1 is 0.979 bits per heavy atom. The average molecular weight is 673 g/mol. The van der Waals surface area contributed by atoms with Crippen LogP contribution < -0.4 is 21.1 Å². The van der Waals surface area contributed by atoms with Crippen LogP contribution in [0.5, 0.6) is 0 Å². The van der Waals surface area contributed by atoms with Crippen LogP contribution >= 0.6 is 11.6 Å². The number of amides is 3. The first-order valence-electron chi connectivity index (χ1n) is 16.6. The summed E-state index contributed by atoms with van der Waals surface area (Å²) < 4.78 is 1.24. The molecule has 4 aliphatic rings. The molecular weight excluding hydrogens is 632 g/mol. The van der Waals surface area contributed by atoms with Crippen LogP contribution in [-0.2, 0) is 29.7 Å². The van der Waals surface area contributed by atoms with Crippen LogP contribution in [0.1, 0.15) is 52.2 Å². The fourth-order valence-corrected chi connectivity index (χ4v) is 7.80. The number of fused-ring (bicyclic) bond motifs is 1. The molecule has 12 nitrogen and oxygen atoms in total. The monoisotopic (exact) mass is 672 g/mol. The molecule has 3 aromatic rings. The molecule has 48 heavy (non-hydrogen) atoms. The number of aryl methyl sites for hydroxylation is 1. The van der Waals surface area contributed by atoms with Crippen molar-refractivity contribution in [2.45, 2.75) is 50.4 Å². The van der Waals surface area contributed by atoms with Crippen LogP contribution in [0.4, 0.5) is 11.4 Å². The van der Waals surface area contributed by atoms with E-state index in [9.17, 15) is 19.2 Å². The van der Waals surface area contributed by atoms with Crippen molar-refractivity contribution in [3.05, 3.63) is 86.3 Å². The van der Waals surface area contributed by atoms with Gasteiger partial charge in [-0.25, -0.2) is 4.68 Å². The third-order valence-electron chi connectivity index (χ3n) is 10.2. The van der Waals surface area contributed by atoms with Gasteiger partial charge in [-0.05, 0) is 60.7 Å². The second-order valence-corrected chi connectivity index (χ2v) is 13.9. The van der Waals surface area contributed by atoms with E-state index in [2.05, 4.69) is 67.8 Å². The number of likely N-dealkylation sites (tertiary alicyclic amines) is 1. The Labute approximate surface area is 284 Å². The second kappa shape index (κ2) is 13.3. The largest absolute Gasteiger partial charge is 0.378 e. The number of nitrogens with zero attached hydrogens (tertiary/aromatic N) is 6. The number of piperazine rings is 1. The van der Waals surface area contributed by atoms with Gasteiger partial charge in [0.15, 0.2) is 0 Å². The molecule has 0 spiro atoms. The highest BCUT2D eigenvalue weighted by Gasteiger charge is 2.39. The molecule has 4 aliphatic heterocycles. The van der Waals surface area contributed by atoms with Gasteiger partial charge >= 0.3 is 0 Å². The maximum Gasteiger partial charge on any atom is 0.287 e. The number of carbonyl (C=O) groups is 3. The Morgan fingerprint density at radius 3 is 2.50 bits per heavy atom. The third-order valence-corrected chi connectivity index (χ3v) is 10.5. The van der Waals surface area contributed by atoms with Gasteiger partial charge in [-0.2, -0.15) is 5.10 Å². The number of piperidine rings is 2. The number of carbonyl (C=O) groups excluding carboxylic acids is 3. The van der Waals surface area contributed by atoms with E-state index in [0.717, 1.165) is 63.5 Å². The van der Waals surface area contributed by atoms with Crippen molar-refractivity contribution in [3.63, 3.8) is 0 Å². The molecule has 3 fully saturated rings. The highest BCUT2D eigenvalue weighted by atomic mass is 35.5. The summed E-state index contributed by atoms with van der Waals surface area (Å²) >= 11 is 6.32. The van der Waals surface area contributed by atoms with Crippen LogP contribution in [0.15, 0.2) is 53.5 Å². The van der Waals surface area contributed by atoms with E-state index in [0.29, 0.717) is 30.1 Å². The van der Waals surface area contributed by atoms with Gasteiger partial charge in [-0.1, -0.05) is 35.9 Å². The van der Waals surface area contributed by atoms with Crippen LogP contribution in [0.25, 0.3) is 0 Å². The van der Waals surface area contributed by atoms with E-state index in [1.807, 2.05) is 12.1 Å². The summed E-state index contributed by atoms with van der Waals surface area (Å²) in [7, 11) is 3.71. The van der Waals surface area contributed by atoms with Gasteiger partial charge in [-0.15, -0.1) is 0 Å². The molecular formula is C35H41ClN8O4. The number of imide groups is 1. The minimum atomic E-state index is -0.600. The van der Waals surface area contributed by atoms with Crippen LogP contribution in [0.3, 0.4) is 0 Å². The van der Waals surface area contributed by atoms with Gasteiger partial charge in [0.1, 0.15) is 11.1 Å². The third kappa shape index (κ3) is 6.56. The molecule has 3 saturated heterocycles. The lowest BCUT2D eigenvalue weighted by Gasteiger charge is -2.37. The lowest BCUT2D eigenvalue weighted by molar-refractivity contribution is -0.136. The van der Waals surface area contributed by atoms with Gasteiger partial charge in [0.2, 0.25) is 11.8 Å². The zero-order valence-electron chi connectivity index (χ0n) is 27.3. The second-order valence-electron chi connectivity index (χ2n) is 13.5. The van der Waals surface area contributed by atoms with E-state index in [-0.39, 0.29) is 40.8 Å². The summed E-state index contributed by atoms with van der Waals surface area (Å²) in [6.07, 6.45) is 3.17. The summed E-state index contributed by atoms with van der Waals surface area (Å²) in [6.45, 7) is 6.73. The van der Waals surface area contributed by atoms with Gasteiger partial charge in [-0.3, -0.25) is 29.4 Å². The Bertz CT molecular complexity index is 1790. The van der Waals surface area contributed by atoms with Crippen molar-refractivity contribution in [3.8, 4) is 0 Å². The van der Waals surface area contributed by atoms with Crippen LogP contribution in [0.2, 0.25) is 5.02 Å². The number of likely N-dealkylation sites (N-methyl/N-ethyl adjacent to an activating group) is 1. The lowest BCUT2D eigenvalue weighted by Crippen LogP contribution is -2.52. The standard InChI is InChI=1S/C35H41ClN8O4/c1-40-19-24(15-26(21-40)38-29-17-37-41(2)35(48)32(29)36)23-5-3-22(4-6-23)18-42-11-13-43(14-12-42)27-7-8-28-25(16-27)20-44(34(28)47)30-9-10-31(45)39-33(30)46/h3-8,16-17,24,26,30,38H,9-15,18-21H2,1-2H3,(H,39,45,46). The number of rotatable bonds is 7. The Kier molecular flexibility index (Phi) is 8.97. The minimum Gasteiger partial charge on any atom is -0.378 e. The first-order chi connectivity index (χ1) is 23.1. The zero-order chi connectivity index (χ0) is 33.5. The number of hydrogen-bond acceptors (Lipinski definition) is 9. The summed E-state index contributed by atoms with van der Waals surface area (Å²) in [5.74, 6) is -0.450. The number of nitrogens with one attached hydrogen (secondary N) is 2. The smallest absolute Gasteiger partial charge is 0.287 e. The highest BCUT2D eigenvalue weighted by Crippen LogP contribution is 2.32. The molecule has 2 aromatic carbocycles. The molecule has 1 aromatic heterocycles. The number of halogens is 1. The molecule has 5 heterocycles. The van der Waals surface area contributed by atoms with Crippen molar-refractivity contribution in [1.82, 2.24) is 29.8 Å². The maximum absolute atomic E-state index is 13.1. The Morgan fingerprint density at radius 2 is 1.75 bits per heavy atom. The van der Waals surface area contributed by atoms with E-state index >= 15 is 0 Å². The van der Waals surface area contributed by atoms with E-state index in [4.69, 9.17) is 11.6 Å². The normalized spacial score (nSPS) is 23.7. The summed E-state index contributed by atoms with van der Waals surface area (Å²) in [5.41, 5.74) is 5.53. The lowest BCUT2D eigenvalue weighted by atomic mass is 9.87. The molecule has 0 bridgehead atoms. The molecule has 2 N–H and O–H groups in total. The fraction of sp³-hybridized carbons (Fsp3) is 0.457. The molecule has 252 valence electrons. The van der Waals surface area contributed by atoms with E-state index in [1.165, 1.54) is 15.8 Å². The molecule has 3 unspecified atom stereocenters. The van der Waals surface area contributed by atoms with Crippen LogP contribution in [0, 0.1) is 0 Å². The Balaban J connectivity index is 0.921. The number of anilines is 2. The number of hydrogen-bond donors (Lipinski definition) is 2. The average Bonchev–Trinajstić information content (AvgIpc) is 3.40. The maximum atomic E-state index is 13.1.